The number of carbonyl (C=O) groups excluding carboxylic acids is 2. The Kier molecular flexibility index (Phi) is 4.42. The number of benzene rings is 2. The molecule has 1 aliphatic rings. The van der Waals surface area contributed by atoms with Crippen LogP contribution < -0.4 is 5.32 Å². The van der Waals surface area contributed by atoms with Crippen LogP contribution in [0.4, 0.5) is 4.39 Å². The molecule has 27 heavy (non-hydrogen) atoms. The van der Waals surface area contributed by atoms with E-state index in [4.69, 9.17) is 0 Å². The van der Waals surface area contributed by atoms with Crippen LogP contribution in [0.5, 0.6) is 0 Å². The number of nitrogens with zero attached hydrogens (tertiary/aromatic N) is 3. The maximum Gasteiger partial charge on any atom is 0.257 e. The molecule has 6 nitrogen and oxygen atoms in total. The quantitative estimate of drug-likeness (QED) is 0.776. The number of piperazine rings is 1. The highest BCUT2D eigenvalue weighted by atomic mass is 19.1. The summed E-state index contributed by atoms with van der Waals surface area (Å²) in [6.07, 6.45) is 3.38. The third kappa shape index (κ3) is 3.19. The summed E-state index contributed by atoms with van der Waals surface area (Å²) in [5.74, 6) is -1.07. The van der Waals surface area contributed by atoms with Gasteiger partial charge in [0.25, 0.3) is 5.91 Å². The predicted octanol–water partition coefficient (Wildman–Crippen LogP) is 2.32. The summed E-state index contributed by atoms with van der Waals surface area (Å²) in [6.45, 7) is 0.680. The SMILES string of the molecule is O=C1NCCN(C(=O)c2ccccc2-n2cccn2)C1c1cccc(F)c1. The number of hydrogen-bond donors (Lipinski definition) is 1. The van der Waals surface area contributed by atoms with Crippen molar-refractivity contribution in [1.82, 2.24) is 20.0 Å². The van der Waals surface area contributed by atoms with E-state index in [0.717, 1.165) is 0 Å². The molecule has 7 heteroatoms. The highest BCUT2D eigenvalue weighted by molar-refractivity contribution is 6.01. The van der Waals surface area contributed by atoms with Crippen molar-refractivity contribution in [1.29, 1.82) is 0 Å². The van der Waals surface area contributed by atoms with Crippen LogP contribution in [0.25, 0.3) is 5.69 Å². The Morgan fingerprint density at radius 2 is 2.00 bits per heavy atom. The van der Waals surface area contributed by atoms with Crippen LogP contribution in [0.2, 0.25) is 0 Å². The molecule has 0 aliphatic carbocycles. The highest BCUT2D eigenvalue weighted by Gasteiger charge is 2.35. The van der Waals surface area contributed by atoms with Crippen LogP contribution in [-0.2, 0) is 4.79 Å². The number of nitrogens with one attached hydrogen (secondary N) is 1. The zero-order valence-corrected chi connectivity index (χ0v) is 14.4. The topological polar surface area (TPSA) is 67.2 Å². The predicted molar refractivity (Wildman–Crippen MR) is 96.8 cm³/mol. The maximum atomic E-state index is 13.7. The molecule has 1 aliphatic heterocycles. The van der Waals surface area contributed by atoms with Gasteiger partial charge in [-0.2, -0.15) is 5.10 Å². The van der Waals surface area contributed by atoms with Gasteiger partial charge in [-0.25, -0.2) is 9.07 Å². The van der Waals surface area contributed by atoms with E-state index in [0.29, 0.717) is 29.9 Å². The fraction of sp³-hybridized carbons (Fsp3) is 0.150. The van der Waals surface area contributed by atoms with Gasteiger partial charge in [-0.3, -0.25) is 9.59 Å². The van der Waals surface area contributed by atoms with Crippen molar-refractivity contribution < 1.29 is 14.0 Å². The lowest BCUT2D eigenvalue weighted by molar-refractivity contribution is -0.128. The standard InChI is InChI=1S/C20H17FN4O2/c21-15-6-3-5-14(13-15)18-19(26)22-10-12-24(18)20(27)16-7-1-2-8-17(16)25-11-4-9-23-25/h1-9,11,13,18H,10,12H2,(H,22,26). The number of rotatable bonds is 3. The fourth-order valence-corrected chi connectivity index (χ4v) is 3.31. The minimum Gasteiger partial charge on any atom is -0.352 e. The molecule has 136 valence electrons. The summed E-state index contributed by atoms with van der Waals surface area (Å²) >= 11 is 0. The van der Waals surface area contributed by atoms with Crippen molar-refractivity contribution in [3.8, 4) is 5.69 Å². The Hall–Kier alpha value is -3.48. The number of halogens is 1. The molecule has 4 rings (SSSR count). The molecule has 0 radical (unpaired) electrons. The van der Waals surface area contributed by atoms with Gasteiger partial charge in [0.1, 0.15) is 11.9 Å². The van der Waals surface area contributed by atoms with E-state index in [1.165, 1.54) is 23.1 Å². The van der Waals surface area contributed by atoms with Gasteiger partial charge in [0.2, 0.25) is 5.91 Å². The Labute approximate surface area is 155 Å². The van der Waals surface area contributed by atoms with E-state index >= 15 is 0 Å². The molecule has 2 amide bonds. The number of carbonyl (C=O) groups is 2. The van der Waals surface area contributed by atoms with Gasteiger partial charge in [0.05, 0.1) is 11.3 Å². The summed E-state index contributed by atoms with van der Waals surface area (Å²) in [5, 5.41) is 6.95. The van der Waals surface area contributed by atoms with Crippen molar-refractivity contribution in [3.63, 3.8) is 0 Å². The lowest BCUT2D eigenvalue weighted by atomic mass is 10.0. The Morgan fingerprint density at radius 1 is 1.15 bits per heavy atom. The molecular weight excluding hydrogens is 347 g/mol. The van der Waals surface area contributed by atoms with Crippen LogP contribution >= 0.6 is 0 Å². The van der Waals surface area contributed by atoms with Crippen molar-refractivity contribution in [2.45, 2.75) is 6.04 Å². The minimum absolute atomic E-state index is 0.301. The zero-order valence-electron chi connectivity index (χ0n) is 14.4. The molecule has 1 atom stereocenters. The summed E-state index contributed by atoms with van der Waals surface area (Å²) in [5.41, 5.74) is 1.49. The van der Waals surface area contributed by atoms with Gasteiger partial charge in [-0.05, 0) is 35.9 Å². The van der Waals surface area contributed by atoms with Crippen LogP contribution in [-0.4, -0.2) is 39.6 Å². The van der Waals surface area contributed by atoms with Crippen LogP contribution in [0.15, 0.2) is 67.0 Å². The first-order valence-corrected chi connectivity index (χ1v) is 8.58. The summed E-state index contributed by atoms with van der Waals surface area (Å²) in [7, 11) is 0. The monoisotopic (exact) mass is 364 g/mol. The van der Waals surface area contributed by atoms with E-state index < -0.39 is 11.9 Å². The first-order chi connectivity index (χ1) is 13.1. The average molecular weight is 364 g/mol. The van der Waals surface area contributed by atoms with Gasteiger partial charge < -0.3 is 10.2 Å². The van der Waals surface area contributed by atoms with E-state index in [9.17, 15) is 14.0 Å². The van der Waals surface area contributed by atoms with Gasteiger partial charge in [-0.15, -0.1) is 0 Å². The average Bonchev–Trinajstić information content (AvgIpc) is 3.22. The molecule has 1 unspecified atom stereocenters. The molecule has 0 spiro atoms. The molecular formula is C20H17FN4O2. The van der Waals surface area contributed by atoms with Crippen molar-refractivity contribution in [3.05, 3.63) is 83.9 Å². The molecule has 0 bridgehead atoms. The first-order valence-electron chi connectivity index (χ1n) is 8.58. The van der Waals surface area contributed by atoms with Crippen molar-refractivity contribution in [2.75, 3.05) is 13.1 Å². The highest BCUT2D eigenvalue weighted by Crippen LogP contribution is 2.27. The maximum absolute atomic E-state index is 13.7. The van der Waals surface area contributed by atoms with Crippen LogP contribution in [0.1, 0.15) is 22.0 Å². The number of hydrogen-bond acceptors (Lipinski definition) is 3. The second kappa shape index (κ2) is 7.03. The summed E-state index contributed by atoms with van der Waals surface area (Å²) in [6, 6.07) is 13.8. The molecule has 1 N–H and O–H groups in total. The lowest BCUT2D eigenvalue weighted by Gasteiger charge is -2.35. The number of amides is 2. The zero-order chi connectivity index (χ0) is 18.8. The molecule has 3 aromatic rings. The Bertz CT molecular complexity index is 987. The molecule has 2 heterocycles. The smallest absolute Gasteiger partial charge is 0.257 e. The van der Waals surface area contributed by atoms with Gasteiger partial charge in [0, 0.05) is 25.5 Å². The largest absolute Gasteiger partial charge is 0.352 e. The third-order valence-corrected chi connectivity index (χ3v) is 4.52. The number of aromatic nitrogens is 2. The van der Waals surface area contributed by atoms with Crippen LogP contribution in [0.3, 0.4) is 0 Å². The van der Waals surface area contributed by atoms with Crippen molar-refractivity contribution >= 4 is 11.8 Å². The first kappa shape index (κ1) is 17.0. The van der Waals surface area contributed by atoms with E-state index in [-0.39, 0.29) is 11.8 Å². The van der Waals surface area contributed by atoms with E-state index in [2.05, 4.69) is 10.4 Å². The Balaban J connectivity index is 1.75. The number of para-hydroxylation sites is 1. The van der Waals surface area contributed by atoms with E-state index in [1.54, 1.807) is 47.4 Å². The van der Waals surface area contributed by atoms with Gasteiger partial charge in [0.15, 0.2) is 0 Å². The van der Waals surface area contributed by atoms with Crippen molar-refractivity contribution in [2.24, 2.45) is 0 Å². The summed E-state index contributed by atoms with van der Waals surface area (Å²) in [4.78, 5) is 27.3. The minimum atomic E-state index is -0.882. The molecule has 2 aromatic carbocycles. The Morgan fingerprint density at radius 3 is 2.78 bits per heavy atom. The summed E-state index contributed by atoms with van der Waals surface area (Å²) < 4.78 is 15.3. The molecule has 1 fully saturated rings. The fourth-order valence-electron chi connectivity index (χ4n) is 3.31. The molecule has 0 saturated carbocycles. The normalized spacial score (nSPS) is 16.9. The molecule has 1 saturated heterocycles. The second-order valence-electron chi connectivity index (χ2n) is 6.21. The van der Waals surface area contributed by atoms with Crippen LogP contribution in [0, 0.1) is 5.82 Å². The molecule has 1 aromatic heterocycles. The third-order valence-electron chi connectivity index (χ3n) is 4.52. The lowest BCUT2D eigenvalue weighted by Crippen LogP contribution is -2.52. The van der Waals surface area contributed by atoms with Gasteiger partial charge in [-0.1, -0.05) is 24.3 Å². The van der Waals surface area contributed by atoms with E-state index in [1.807, 2.05) is 6.07 Å². The second-order valence-corrected chi connectivity index (χ2v) is 6.21. The van der Waals surface area contributed by atoms with Gasteiger partial charge >= 0.3 is 0 Å².